The second-order valence-electron chi connectivity index (χ2n) is 6.25. The van der Waals surface area contributed by atoms with Gasteiger partial charge in [0, 0.05) is 13.6 Å². The maximum Gasteiger partial charge on any atom is 0.416 e. The standard InChI is InChI=1S/C17H19F3N4O3/c1-23(9-14-11-26-5-6-27-14)16(25)15-10-24(22-21-15)8-12-3-2-4-13(7-12)17(18,19)20/h2-4,7,10,14H,5-6,8-9,11H2,1H3. The zero-order valence-corrected chi connectivity index (χ0v) is 14.6. The lowest BCUT2D eigenvalue weighted by molar-refractivity contribution is -0.137. The predicted molar refractivity (Wildman–Crippen MR) is 88.1 cm³/mol. The highest BCUT2D eigenvalue weighted by atomic mass is 19.4. The molecular weight excluding hydrogens is 365 g/mol. The number of amides is 1. The molecule has 0 bridgehead atoms. The molecule has 0 spiro atoms. The molecule has 2 aromatic rings. The molecule has 0 radical (unpaired) electrons. The van der Waals surface area contributed by atoms with Crippen molar-refractivity contribution in [3.63, 3.8) is 0 Å². The molecule has 3 rings (SSSR count). The van der Waals surface area contributed by atoms with E-state index < -0.39 is 11.7 Å². The molecule has 0 aliphatic carbocycles. The van der Waals surface area contributed by atoms with Gasteiger partial charge in [-0.15, -0.1) is 5.10 Å². The Kier molecular flexibility index (Phi) is 5.76. The molecule has 1 fully saturated rings. The molecule has 2 heterocycles. The Labute approximate surface area is 153 Å². The van der Waals surface area contributed by atoms with Crippen LogP contribution in [-0.4, -0.2) is 65.3 Å². The molecule has 1 aliphatic rings. The fraction of sp³-hybridized carbons (Fsp3) is 0.471. The van der Waals surface area contributed by atoms with Crippen LogP contribution in [0, 0.1) is 0 Å². The molecule has 10 heteroatoms. The minimum atomic E-state index is -4.41. The number of ether oxygens (including phenoxy) is 2. The van der Waals surface area contributed by atoms with Gasteiger partial charge in [0.05, 0.1) is 44.2 Å². The van der Waals surface area contributed by atoms with Gasteiger partial charge in [-0.1, -0.05) is 17.3 Å². The number of nitrogens with zero attached hydrogens (tertiary/aromatic N) is 4. The number of hydrogen-bond donors (Lipinski definition) is 0. The molecule has 1 amide bonds. The Bertz CT molecular complexity index is 788. The molecular formula is C17H19F3N4O3. The Morgan fingerprint density at radius 3 is 2.89 bits per heavy atom. The lowest BCUT2D eigenvalue weighted by Crippen LogP contribution is -2.40. The van der Waals surface area contributed by atoms with Crippen molar-refractivity contribution in [1.29, 1.82) is 0 Å². The zero-order chi connectivity index (χ0) is 19.4. The van der Waals surface area contributed by atoms with Gasteiger partial charge in [0.25, 0.3) is 5.91 Å². The van der Waals surface area contributed by atoms with Gasteiger partial charge in [-0.2, -0.15) is 13.2 Å². The van der Waals surface area contributed by atoms with Gasteiger partial charge in [-0.05, 0) is 17.7 Å². The van der Waals surface area contributed by atoms with Gasteiger partial charge in [-0.25, -0.2) is 4.68 Å². The molecule has 0 N–H and O–H groups in total. The third kappa shape index (κ3) is 5.04. The van der Waals surface area contributed by atoms with Crippen molar-refractivity contribution in [3.05, 3.63) is 47.3 Å². The van der Waals surface area contributed by atoms with Crippen LogP contribution >= 0.6 is 0 Å². The topological polar surface area (TPSA) is 69.5 Å². The maximum atomic E-state index is 12.8. The van der Waals surface area contributed by atoms with Crippen LogP contribution < -0.4 is 0 Å². The van der Waals surface area contributed by atoms with Crippen LogP contribution in [0.25, 0.3) is 0 Å². The number of hydrogen-bond acceptors (Lipinski definition) is 5. The van der Waals surface area contributed by atoms with Crippen molar-refractivity contribution in [2.24, 2.45) is 0 Å². The summed E-state index contributed by atoms with van der Waals surface area (Å²) in [6, 6.07) is 4.95. The fourth-order valence-corrected chi connectivity index (χ4v) is 2.73. The van der Waals surface area contributed by atoms with Crippen LogP contribution in [-0.2, 0) is 22.2 Å². The van der Waals surface area contributed by atoms with Crippen molar-refractivity contribution in [3.8, 4) is 0 Å². The summed E-state index contributed by atoms with van der Waals surface area (Å²) in [4.78, 5) is 13.9. The monoisotopic (exact) mass is 384 g/mol. The molecule has 7 nitrogen and oxygen atoms in total. The minimum absolute atomic E-state index is 0.0769. The number of benzene rings is 1. The van der Waals surface area contributed by atoms with Crippen molar-refractivity contribution in [2.45, 2.75) is 18.8 Å². The summed E-state index contributed by atoms with van der Waals surface area (Å²) in [6.07, 6.45) is -3.20. The van der Waals surface area contributed by atoms with Crippen LogP contribution in [0.5, 0.6) is 0 Å². The van der Waals surface area contributed by atoms with E-state index in [1.54, 1.807) is 13.1 Å². The highest BCUT2D eigenvalue weighted by molar-refractivity contribution is 5.91. The molecule has 1 saturated heterocycles. The third-order valence-corrected chi connectivity index (χ3v) is 4.07. The van der Waals surface area contributed by atoms with Crippen molar-refractivity contribution in [2.75, 3.05) is 33.4 Å². The zero-order valence-electron chi connectivity index (χ0n) is 14.6. The first kappa shape index (κ1) is 19.3. The van der Waals surface area contributed by atoms with E-state index in [1.807, 2.05) is 0 Å². The van der Waals surface area contributed by atoms with Crippen molar-refractivity contribution < 1.29 is 27.4 Å². The van der Waals surface area contributed by atoms with Gasteiger partial charge < -0.3 is 14.4 Å². The van der Waals surface area contributed by atoms with E-state index >= 15 is 0 Å². The first-order valence-corrected chi connectivity index (χ1v) is 8.34. The summed E-state index contributed by atoms with van der Waals surface area (Å²) in [5, 5.41) is 7.66. The van der Waals surface area contributed by atoms with Crippen LogP contribution in [0.15, 0.2) is 30.5 Å². The van der Waals surface area contributed by atoms with E-state index in [1.165, 1.54) is 21.8 Å². The molecule has 1 aromatic heterocycles. The molecule has 1 atom stereocenters. The lowest BCUT2D eigenvalue weighted by Gasteiger charge is -2.27. The second-order valence-corrected chi connectivity index (χ2v) is 6.25. The highest BCUT2D eigenvalue weighted by Gasteiger charge is 2.30. The summed E-state index contributed by atoms with van der Waals surface area (Å²) in [5.41, 5.74) is -0.207. The molecule has 146 valence electrons. The van der Waals surface area contributed by atoms with Crippen LogP contribution in [0.4, 0.5) is 13.2 Å². The normalized spacial score (nSPS) is 17.7. The average molecular weight is 384 g/mol. The quantitative estimate of drug-likeness (QED) is 0.787. The molecule has 1 aliphatic heterocycles. The summed E-state index contributed by atoms with van der Waals surface area (Å²) in [6.45, 7) is 1.87. The number of alkyl halides is 3. The van der Waals surface area contributed by atoms with Crippen molar-refractivity contribution >= 4 is 5.91 Å². The number of likely N-dealkylation sites (N-methyl/N-ethyl adjacent to an activating group) is 1. The average Bonchev–Trinajstić information content (AvgIpc) is 3.10. The van der Waals surface area contributed by atoms with E-state index in [4.69, 9.17) is 9.47 Å². The van der Waals surface area contributed by atoms with E-state index in [2.05, 4.69) is 10.3 Å². The van der Waals surface area contributed by atoms with Gasteiger partial charge in [0.15, 0.2) is 5.69 Å². The Balaban J connectivity index is 1.63. The molecule has 1 unspecified atom stereocenters. The number of halogens is 3. The Hall–Kier alpha value is -2.46. The van der Waals surface area contributed by atoms with E-state index in [-0.39, 0.29) is 24.2 Å². The SMILES string of the molecule is CN(CC1COCCO1)C(=O)c1cn(Cc2cccc(C(F)(F)F)c2)nn1. The van der Waals surface area contributed by atoms with Gasteiger partial charge in [0.2, 0.25) is 0 Å². The highest BCUT2D eigenvalue weighted by Crippen LogP contribution is 2.29. The number of carbonyl (C=O) groups is 1. The van der Waals surface area contributed by atoms with E-state index in [0.29, 0.717) is 31.9 Å². The van der Waals surface area contributed by atoms with Crippen LogP contribution in [0.2, 0.25) is 0 Å². The Morgan fingerprint density at radius 1 is 1.37 bits per heavy atom. The first-order valence-electron chi connectivity index (χ1n) is 8.34. The summed E-state index contributed by atoms with van der Waals surface area (Å²) < 4.78 is 50.5. The molecule has 0 saturated carbocycles. The summed E-state index contributed by atoms with van der Waals surface area (Å²) >= 11 is 0. The van der Waals surface area contributed by atoms with Gasteiger partial charge >= 0.3 is 6.18 Å². The Morgan fingerprint density at radius 2 is 2.19 bits per heavy atom. The van der Waals surface area contributed by atoms with Crippen LogP contribution in [0.1, 0.15) is 21.6 Å². The summed E-state index contributed by atoms with van der Waals surface area (Å²) in [7, 11) is 1.62. The molecule has 27 heavy (non-hydrogen) atoms. The fourth-order valence-electron chi connectivity index (χ4n) is 2.73. The lowest BCUT2D eigenvalue weighted by atomic mass is 10.1. The predicted octanol–water partition coefficient (Wildman–Crippen LogP) is 1.83. The smallest absolute Gasteiger partial charge is 0.376 e. The molecule has 1 aromatic carbocycles. The minimum Gasteiger partial charge on any atom is -0.376 e. The maximum absolute atomic E-state index is 12.8. The second kappa shape index (κ2) is 8.05. The summed E-state index contributed by atoms with van der Waals surface area (Å²) in [5.74, 6) is -0.348. The van der Waals surface area contributed by atoms with E-state index in [9.17, 15) is 18.0 Å². The van der Waals surface area contributed by atoms with Crippen LogP contribution in [0.3, 0.4) is 0 Å². The number of aromatic nitrogens is 3. The largest absolute Gasteiger partial charge is 0.416 e. The first-order chi connectivity index (χ1) is 12.8. The number of carbonyl (C=O) groups excluding carboxylic acids is 1. The van der Waals surface area contributed by atoms with Crippen molar-refractivity contribution in [1.82, 2.24) is 19.9 Å². The number of rotatable bonds is 5. The van der Waals surface area contributed by atoms with Gasteiger partial charge in [0.1, 0.15) is 0 Å². The van der Waals surface area contributed by atoms with E-state index in [0.717, 1.165) is 12.1 Å². The third-order valence-electron chi connectivity index (χ3n) is 4.07. The van der Waals surface area contributed by atoms with Gasteiger partial charge in [-0.3, -0.25) is 4.79 Å².